The number of benzene rings is 1. The zero-order valence-electron chi connectivity index (χ0n) is 23.4. The Balaban J connectivity index is 1.14. The van der Waals surface area contributed by atoms with Crippen LogP contribution in [0.3, 0.4) is 0 Å². The molecule has 1 aromatic rings. The molecule has 3 saturated carbocycles. The second-order valence-corrected chi connectivity index (χ2v) is 13.0. The summed E-state index contributed by atoms with van der Waals surface area (Å²) in [5, 5.41) is 23.7. The third-order valence-corrected chi connectivity index (χ3v) is 11.3. The number of allylic oxidation sites excluding steroid dienone is 4. The number of piperazine rings is 1. The fourth-order valence-electron chi connectivity index (χ4n) is 9.08. The van der Waals surface area contributed by atoms with Crippen molar-refractivity contribution in [1.29, 1.82) is 0 Å². The summed E-state index contributed by atoms with van der Waals surface area (Å²) in [5.74, 6) is 1.17. The molecule has 210 valence electrons. The number of carbonyl (C=O) groups excluding carboxylic acids is 2. The highest BCUT2D eigenvalue weighted by Crippen LogP contribution is 2.67. The first-order valence-electron chi connectivity index (χ1n) is 14.6. The highest BCUT2D eigenvalue weighted by molar-refractivity contribution is 6.01. The van der Waals surface area contributed by atoms with Gasteiger partial charge in [0.15, 0.2) is 11.6 Å². The van der Waals surface area contributed by atoms with Gasteiger partial charge < -0.3 is 19.8 Å². The van der Waals surface area contributed by atoms with E-state index in [9.17, 15) is 19.8 Å². The molecule has 0 spiro atoms. The summed E-state index contributed by atoms with van der Waals surface area (Å²) in [6.45, 7) is 7.63. The number of hydrogen-bond acceptors (Lipinski definition) is 7. The molecule has 7 nitrogen and oxygen atoms in total. The minimum Gasteiger partial charge on any atom is -0.497 e. The SMILES string of the molecule is COc1ccc(N2CCN(CC(=O)[C@@]3(O)CC[C@H]4[C@@H]5CCC6=CC(=O)C=C[C@]6(C)[C@H]5C(O)C[C@@]43C)CC2)cc1. The van der Waals surface area contributed by atoms with E-state index in [0.717, 1.165) is 62.5 Å². The molecule has 1 aliphatic heterocycles. The van der Waals surface area contributed by atoms with Crippen molar-refractivity contribution in [2.75, 3.05) is 44.7 Å². The van der Waals surface area contributed by atoms with E-state index in [1.54, 1.807) is 19.3 Å². The summed E-state index contributed by atoms with van der Waals surface area (Å²) >= 11 is 0. The lowest BCUT2D eigenvalue weighted by Gasteiger charge is -2.59. The van der Waals surface area contributed by atoms with Crippen LogP contribution in [0.25, 0.3) is 0 Å². The van der Waals surface area contributed by atoms with Gasteiger partial charge in [-0.25, -0.2) is 0 Å². The zero-order chi connectivity index (χ0) is 27.6. The summed E-state index contributed by atoms with van der Waals surface area (Å²) in [6.07, 6.45) is 8.18. The van der Waals surface area contributed by atoms with Crippen molar-refractivity contribution in [2.24, 2.45) is 28.6 Å². The summed E-state index contributed by atoms with van der Waals surface area (Å²) in [4.78, 5) is 30.4. The first-order chi connectivity index (χ1) is 18.6. The number of aliphatic hydroxyl groups is 2. The van der Waals surface area contributed by atoms with E-state index < -0.39 is 17.1 Å². The Labute approximate surface area is 231 Å². The Morgan fingerprint density at radius 2 is 1.82 bits per heavy atom. The average molecular weight is 535 g/mol. The van der Waals surface area contributed by atoms with E-state index in [0.29, 0.717) is 12.8 Å². The number of methoxy groups -OCH3 is 1. The Bertz CT molecular complexity index is 1200. The van der Waals surface area contributed by atoms with Crippen LogP contribution in [0.4, 0.5) is 5.69 Å². The van der Waals surface area contributed by atoms with Gasteiger partial charge in [0, 0.05) is 48.6 Å². The number of ether oxygens (including phenoxy) is 1. The van der Waals surface area contributed by atoms with E-state index in [-0.39, 0.29) is 41.3 Å². The molecule has 7 atom stereocenters. The lowest BCUT2D eigenvalue weighted by molar-refractivity contribution is -0.177. The third kappa shape index (κ3) is 4.11. The number of hydrogen-bond donors (Lipinski definition) is 2. The Morgan fingerprint density at radius 1 is 1.10 bits per heavy atom. The molecule has 5 aliphatic rings. The predicted molar refractivity (Wildman–Crippen MR) is 150 cm³/mol. The van der Waals surface area contributed by atoms with Crippen molar-refractivity contribution >= 4 is 17.3 Å². The smallest absolute Gasteiger partial charge is 0.178 e. The normalized spacial score (nSPS) is 40.0. The average Bonchev–Trinajstić information content (AvgIpc) is 3.20. The molecule has 0 bridgehead atoms. The summed E-state index contributed by atoms with van der Waals surface area (Å²) in [6, 6.07) is 8.06. The second kappa shape index (κ2) is 9.57. The van der Waals surface area contributed by atoms with Gasteiger partial charge in [0.05, 0.1) is 19.8 Å². The highest BCUT2D eigenvalue weighted by Gasteiger charge is 2.68. The van der Waals surface area contributed by atoms with Gasteiger partial charge in [0.1, 0.15) is 11.4 Å². The molecule has 1 unspecified atom stereocenters. The Hall–Kier alpha value is -2.48. The maximum Gasteiger partial charge on any atom is 0.178 e. The topological polar surface area (TPSA) is 90.3 Å². The Kier molecular flexibility index (Phi) is 6.56. The van der Waals surface area contributed by atoms with E-state index in [1.807, 2.05) is 18.2 Å². The lowest BCUT2D eigenvalue weighted by Crippen LogP contribution is -2.62. The molecule has 4 fully saturated rings. The molecule has 1 saturated heterocycles. The zero-order valence-corrected chi connectivity index (χ0v) is 23.4. The molecular formula is C32H42N2O5. The molecule has 39 heavy (non-hydrogen) atoms. The minimum absolute atomic E-state index is 0.00316. The van der Waals surface area contributed by atoms with E-state index in [2.05, 4.69) is 35.8 Å². The molecular weight excluding hydrogens is 492 g/mol. The molecule has 4 aliphatic carbocycles. The summed E-state index contributed by atoms with van der Waals surface area (Å²) < 4.78 is 5.27. The number of Topliss-reactive ketones (excluding diaryl/α,β-unsaturated/α-hetero) is 1. The second-order valence-electron chi connectivity index (χ2n) is 13.0. The van der Waals surface area contributed by atoms with Crippen LogP contribution >= 0.6 is 0 Å². The van der Waals surface area contributed by atoms with Gasteiger partial charge in [-0.3, -0.25) is 14.5 Å². The van der Waals surface area contributed by atoms with Gasteiger partial charge >= 0.3 is 0 Å². The van der Waals surface area contributed by atoms with Gasteiger partial charge in [-0.2, -0.15) is 0 Å². The number of fused-ring (bicyclic) bond motifs is 5. The fraction of sp³-hybridized carbons (Fsp3) is 0.625. The largest absolute Gasteiger partial charge is 0.497 e. The van der Waals surface area contributed by atoms with Crippen molar-refractivity contribution in [2.45, 2.75) is 57.7 Å². The fourth-order valence-corrected chi connectivity index (χ4v) is 9.08. The van der Waals surface area contributed by atoms with Gasteiger partial charge in [-0.15, -0.1) is 0 Å². The van der Waals surface area contributed by atoms with Crippen molar-refractivity contribution < 1.29 is 24.5 Å². The third-order valence-electron chi connectivity index (χ3n) is 11.3. The number of anilines is 1. The molecule has 1 heterocycles. The molecule has 7 heteroatoms. The summed E-state index contributed by atoms with van der Waals surface area (Å²) in [7, 11) is 1.66. The standard InChI is InChI=1S/C32H42N2O5/c1-30-12-10-23(35)18-21(30)4-9-25-26-11-13-32(38,31(26,2)19-27(36)29(25)30)28(37)20-33-14-16-34(17-15-33)22-5-7-24(39-3)8-6-22/h5-8,10,12,18,25-27,29,36,38H,4,9,11,13-17,19-20H2,1-3H3/t25-,26-,27?,29+,30-,31-,32-/m0/s1. The number of ketones is 2. The van der Waals surface area contributed by atoms with Gasteiger partial charge in [0.2, 0.25) is 0 Å². The number of aliphatic hydroxyl groups excluding tert-OH is 1. The molecule has 0 amide bonds. The summed E-state index contributed by atoms with van der Waals surface area (Å²) in [5.41, 5.74) is -0.148. The van der Waals surface area contributed by atoms with Gasteiger partial charge in [0.25, 0.3) is 0 Å². The van der Waals surface area contributed by atoms with E-state index >= 15 is 0 Å². The minimum atomic E-state index is -1.42. The van der Waals surface area contributed by atoms with Gasteiger partial charge in [-0.1, -0.05) is 25.5 Å². The van der Waals surface area contributed by atoms with Crippen molar-refractivity contribution in [3.8, 4) is 5.75 Å². The van der Waals surface area contributed by atoms with E-state index in [1.165, 1.54) is 0 Å². The first kappa shape index (κ1) is 26.7. The van der Waals surface area contributed by atoms with E-state index in [4.69, 9.17) is 4.74 Å². The van der Waals surface area contributed by atoms with Crippen LogP contribution in [-0.2, 0) is 9.59 Å². The molecule has 0 aromatic heterocycles. The number of nitrogens with zero attached hydrogens (tertiary/aromatic N) is 2. The van der Waals surface area contributed by atoms with Crippen LogP contribution in [0.15, 0.2) is 48.1 Å². The number of rotatable bonds is 5. The molecule has 6 rings (SSSR count). The molecule has 1 aromatic carbocycles. The van der Waals surface area contributed by atoms with Crippen LogP contribution in [0, 0.1) is 28.6 Å². The first-order valence-corrected chi connectivity index (χ1v) is 14.6. The van der Waals surface area contributed by atoms with Crippen LogP contribution < -0.4 is 9.64 Å². The monoisotopic (exact) mass is 534 g/mol. The maximum absolute atomic E-state index is 13.9. The maximum atomic E-state index is 13.9. The van der Waals surface area contributed by atoms with Crippen LogP contribution in [0.5, 0.6) is 5.75 Å². The van der Waals surface area contributed by atoms with Crippen molar-refractivity contribution in [3.05, 3.63) is 48.1 Å². The highest BCUT2D eigenvalue weighted by atomic mass is 16.5. The lowest BCUT2D eigenvalue weighted by atomic mass is 9.46. The molecule has 0 radical (unpaired) electrons. The molecule has 2 N–H and O–H groups in total. The van der Waals surface area contributed by atoms with Crippen LogP contribution in [-0.4, -0.2) is 78.2 Å². The predicted octanol–water partition coefficient (Wildman–Crippen LogP) is 3.40. The number of carbonyl (C=O) groups is 2. The Morgan fingerprint density at radius 3 is 2.51 bits per heavy atom. The quantitative estimate of drug-likeness (QED) is 0.599. The van der Waals surface area contributed by atoms with Crippen LogP contribution in [0.1, 0.15) is 46.0 Å². The van der Waals surface area contributed by atoms with Gasteiger partial charge in [-0.05, 0) is 80.4 Å². The van der Waals surface area contributed by atoms with Crippen molar-refractivity contribution in [1.82, 2.24) is 4.90 Å². The van der Waals surface area contributed by atoms with Crippen molar-refractivity contribution in [3.63, 3.8) is 0 Å². The van der Waals surface area contributed by atoms with Crippen LogP contribution in [0.2, 0.25) is 0 Å².